The minimum atomic E-state index is -0.321. The van der Waals surface area contributed by atoms with Gasteiger partial charge in [0.1, 0.15) is 5.78 Å². The monoisotopic (exact) mass is 535 g/mol. The van der Waals surface area contributed by atoms with E-state index in [2.05, 4.69) is 41.0 Å². The number of aryl methyl sites for hydroxylation is 1. The van der Waals surface area contributed by atoms with E-state index in [1.165, 1.54) is 11.1 Å². The molecule has 2 N–H and O–H groups in total. The third kappa shape index (κ3) is 5.15. The standard InChI is InChI=1S/C34H37N3O3/c1-34(2,3)36-33(40)37-17-16-25-24(23-10-7-11-26-29(23)19-35-32(26)39)14-12-22(30(25)20-37)13-15-31(38)28-18-27(28)21-8-5-4-6-9-21/h4-12,14,27-28H,13,15-20H2,1-3H3,(H,35,39)(H,36,40)/t27-,28?/m0/s1. The van der Waals surface area contributed by atoms with Crippen molar-refractivity contribution < 1.29 is 14.4 Å². The topological polar surface area (TPSA) is 78.5 Å². The molecule has 3 aromatic carbocycles. The number of urea groups is 1. The van der Waals surface area contributed by atoms with Crippen LogP contribution < -0.4 is 10.6 Å². The van der Waals surface area contributed by atoms with E-state index in [-0.39, 0.29) is 23.4 Å². The summed E-state index contributed by atoms with van der Waals surface area (Å²) in [5, 5.41) is 6.06. The maximum atomic E-state index is 13.2. The van der Waals surface area contributed by atoms with Crippen LogP contribution in [0.15, 0.2) is 60.7 Å². The van der Waals surface area contributed by atoms with Crippen molar-refractivity contribution in [1.82, 2.24) is 15.5 Å². The Labute approximate surface area is 236 Å². The van der Waals surface area contributed by atoms with Crippen molar-refractivity contribution in [3.8, 4) is 11.1 Å². The van der Waals surface area contributed by atoms with E-state index in [1.54, 1.807) is 0 Å². The predicted molar refractivity (Wildman–Crippen MR) is 156 cm³/mol. The Balaban J connectivity index is 1.28. The first-order chi connectivity index (χ1) is 19.2. The molecule has 3 aliphatic rings. The number of Topliss-reactive ketones (excluding diaryl/α,β-unsaturated/α-hetero) is 1. The summed E-state index contributed by atoms with van der Waals surface area (Å²) in [6, 6.07) is 20.5. The Morgan fingerprint density at radius 1 is 0.925 bits per heavy atom. The minimum absolute atomic E-state index is 0.0280. The number of carbonyl (C=O) groups is 3. The van der Waals surface area contributed by atoms with Gasteiger partial charge in [-0.1, -0.05) is 54.6 Å². The fraction of sp³-hybridized carbons (Fsp3) is 0.382. The highest BCUT2D eigenvalue weighted by Gasteiger charge is 2.43. The second-order valence-electron chi connectivity index (χ2n) is 12.4. The first-order valence-corrected chi connectivity index (χ1v) is 14.4. The Hall–Kier alpha value is -3.93. The molecule has 3 aromatic rings. The molecule has 0 bridgehead atoms. The average Bonchev–Trinajstić information content (AvgIpc) is 3.66. The highest BCUT2D eigenvalue weighted by Crippen LogP contribution is 2.48. The van der Waals surface area contributed by atoms with Crippen molar-refractivity contribution in [3.63, 3.8) is 0 Å². The van der Waals surface area contributed by atoms with Gasteiger partial charge in [-0.3, -0.25) is 9.59 Å². The van der Waals surface area contributed by atoms with E-state index in [0.29, 0.717) is 44.2 Å². The molecule has 0 radical (unpaired) electrons. The molecule has 2 heterocycles. The lowest BCUT2D eigenvalue weighted by Crippen LogP contribution is -2.50. The summed E-state index contributed by atoms with van der Waals surface area (Å²) in [4.78, 5) is 40.6. The van der Waals surface area contributed by atoms with Crippen molar-refractivity contribution in [1.29, 1.82) is 0 Å². The fourth-order valence-electron chi connectivity index (χ4n) is 6.37. The molecule has 6 rings (SSSR count). The molecule has 3 amide bonds. The Morgan fingerprint density at radius 3 is 2.45 bits per heavy atom. The number of hydrogen-bond acceptors (Lipinski definition) is 3. The average molecular weight is 536 g/mol. The van der Waals surface area contributed by atoms with Gasteiger partial charge in [-0.15, -0.1) is 0 Å². The van der Waals surface area contributed by atoms with Crippen molar-refractivity contribution in [3.05, 3.63) is 94.0 Å². The predicted octanol–water partition coefficient (Wildman–Crippen LogP) is 5.77. The summed E-state index contributed by atoms with van der Waals surface area (Å²) in [5.74, 6) is 0.761. The van der Waals surface area contributed by atoms with E-state index >= 15 is 0 Å². The summed E-state index contributed by atoms with van der Waals surface area (Å²) < 4.78 is 0. The zero-order valence-corrected chi connectivity index (χ0v) is 23.5. The van der Waals surface area contributed by atoms with Gasteiger partial charge in [0.15, 0.2) is 0 Å². The van der Waals surface area contributed by atoms with Gasteiger partial charge in [0.2, 0.25) is 0 Å². The van der Waals surface area contributed by atoms with Crippen LogP contribution in [0.1, 0.15) is 77.7 Å². The summed E-state index contributed by atoms with van der Waals surface area (Å²) in [5.41, 5.74) is 8.42. The second kappa shape index (κ2) is 10.2. The van der Waals surface area contributed by atoms with Gasteiger partial charge in [-0.25, -0.2) is 4.79 Å². The summed E-state index contributed by atoms with van der Waals surface area (Å²) in [6.07, 6.45) is 2.84. The molecule has 0 saturated heterocycles. The van der Waals surface area contributed by atoms with Crippen LogP contribution in [0.4, 0.5) is 4.79 Å². The second-order valence-corrected chi connectivity index (χ2v) is 12.4. The Kier molecular flexibility index (Phi) is 6.73. The van der Waals surface area contributed by atoms with E-state index in [4.69, 9.17) is 0 Å². The highest BCUT2D eigenvalue weighted by molar-refractivity contribution is 6.00. The number of carbonyl (C=O) groups excluding carboxylic acids is 3. The van der Waals surface area contributed by atoms with Crippen molar-refractivity contribution >= 4 is 17.7 Å². The van der Waals surface area contributed by atoms with Gasteiger partial charge >= 0.3 is 6.03 Å². The number of hydrogen-bond donors (Lipinski definition) is 2. The quantitative estimate of drug-likeness (QED) is 0.421. The van der Waals surface area contributed by atoms with Crippen LogP contribution in [0, 0.1) is 5.92 Å². The summed E-state index contributed by atoms with van der Waals surface area (Å²) in [7, 11) is 0. The Bertz CT molecular complexity index is 1490. The van der Waals surface area contributed by atoms with Crippen molar-refractivity contribution in [2.24, 2.45) is 5.92 Å². The van der Waals surface area contributed by atoms with E-state index < -0.39 is 0 Å². The van der Waals surface area contributed by atoms with Gasteiger partial charge in [0, 0.05) is 43.1 Å². The smallest absolute Gasteiger partial charge is 0.318 e. The highest BCUT2D eigenvalue weighted by atomic mass is 16.2. The van der Waals surface area contributed by atoms with Crippen LogP contribution in [0.3, 0.4) is 0 Å². The number of nitrogens with zero attached hydrogens (tertiary/aromatic N) is 1. The number of amides is 3. The fourth-order valence-corrected chi connectivity index (χ4v) is 6.37. The number of benzene rings is 3. The van der Waals surface area contributed by atoms with Crippen LogP contribution in [0.25, 0.3) is 11.1 Å². The molecule has 1 unspecified atom stereocenters. The largest absolute Gasteiger partial charge is 0.348 e. The molecule has 206 valence electrons. The van der Waals surface area contributed by atoms with E-state index in [9.17, 15) is 14.4 Å². The molecule has 6 heteroatoms. The summed E-state index contributed by atoms with van der Waals surface area (Å²) in [6.45, 7) is 7.63. The molecule has 1 saturated carbocycles. The maximum Gasteiger partial charge on any atom is 0.318 e. The molecular formula is C34H37N3O3. The van der Waals surface area contributed by atoms with E-state index in [1.807, 2.05) is 56.0 Å². The third-order valence-corrected chi connectivity index (χ3v) is 8.49. The lowest BCUT2D eigenvalue weighted by molar-refractivity contribution is -0.120. The number of nitrogens with one attached hydrogen (secondary N) is 2. The van der Waals surface area contributed by atoms with Crippen LogP contribution in [0.5, 0.6) is 0 Å². The lowest BCUT2D eigenvalue weighted by Gasteiger charge is -2.34. The molecule has 2 atom stereocenters. The first kappa shape index (κ1) is 26.3. The number of rotatable bonds is 6. The molecule has 40 heavy (non-hydrogen) atoms. The zero-order valence-electron chi connectivity index (χ0n) is 23.5. The molecule has 1 fully saturated rings. The number of ketones is 1. The molecule has 0 aromatic heterocycles. The Morgan fingerprint density at radius 2 is 1.68 bits per heavy atom. The lowest BCUT2D eigenvalue weighted by atomic mass is 9.84. The van der Waals surface area contributed by atoms with Gasteiger partial charge in [-0.2, -0.15) is 0 Å². The molecular weight excluding hydrogens is 498 g/mol. The normalized spacial score (nSPS) is 19.5. The third-order valence-electron chi connectivity index (χ3n) is 8.49. The summed E-state index contributed by atoms with van der Waals surface area (Å²) >= 11 is 0. The molecule has 0 spiro atoms. The molecule has 2 aliphatic heterocycles. The van der Waals surface area contributed by atoms with Crippen LogP contribution in [0.2, 0.25) is 0 Å². The van der Waals surface area contributed by atoms with Crippen LogP contribution in [-0.4, -0.2) is 34.7 Å². The van der Waals surface area contributed by atoms with Gasteiger partial charge < -0.3 is 15.5 Å². The van der Waals surface area contributed by atoms with Crippen molar-refractivity contribution in [2.75, 3.05) is 6.54 Å². The van der Waals surface area contributed by atoms with Gasteiger partial charge in [-0.05, 0) is 91.0 Å². The minimum Gasteiger partial charge on any atom is -0.348 e. The van der Waals surface area contributed by atoms with Crippen molar-refractivity contribution in [2.45, 2.75) is 71.0 Å². The van der Waals surface area contributed by atoms with Gasteiger partial charge in [0.25, 0.3) is 5.91 Å². The molecule has 6 nitrogen and oxygen atoms in total. The van der Waals surface area contributed by atoms with Gasteiger partial charge in [0.05, 0.1) is 0 Å². The zero-order chi connectivity index (χ0) is 28.0. The molecule has 1 aliphatic carbocycles. The SMILES string of the molecule is CC(C)(C)NC(=O)N1CCc2c(-c3cccc4c3CNC4=O)ccc(CCC(=O)C3C[C@H]3c3ccccc3)c2C1. The first-order valence-electron chi connectivity index (χ1n) is 14.4. The van der Waals surface area contributed by atoms with E-state index in [0.717, 1.165) is 46.2 Å². The van der Waals surface area contributed by atoms with Crippen LogP contribution in [-0.2, 0) is 30.7 Å². The van der Waals surface area contributed by atoms with Crippen LogP contribution >= 0.6 is 0 Å². The maximum absolute atomic E-state index is 13.2. The number of fused-ring (bicyclic) bond motifs is 2.